The number of benzene rings is 1. The van der Waals surface area contributed by atoms with Crippen LogP contribution in [0.25, 0.3) is 0 Å². The predicted octanol–water partition coefficient (Wildman–Crippen LogP) is 5.37. The van der Waals surface area contributed by atoms with E-state index in [2.05, 4.69) is 17.6 Å². The Morgan fingerprint density at radius 2 is 1.73 bits per heavy atom. The highest BCUT2D eigenvalue weighted by atomic mass is 19.2. The van der Waals surface area contributed by atoms with Crippen LogP contribution < -0.4 is 10.6 Å². The normalized spacial score (nSPS) is 25.9. The van der Waals surface area contributed by atoms with Gasteiger partial charge in [0.1, 0.15) is 5.84 Å². The van der Waals surface area contributed by atoms with Crippen LogP contribution in [0.5, 0.6) is 0 Å². The number of halogens is 2. The number of hydrogen-bond acceptors (Lipinski definition) is 4. The average molecular weight is 464 g/mol. The number of rotatable bonds is 6. The van der Waals surface area contributed by atoms with Crippen molar-refractivity contribution in [2.75, 3.05) is 6.61 Å². The molecule has 2 N–H and O–H groups in total. The first-order chi connectivity index (χ1) is 15.8. The zero-order valence-electron chi connectivity index (χ0n) is 19.5. The van der Waals surface area contributed by atoms with E-state index in [1.54, 1.807) is 6.92 Å². The van der Waals surface area contributed by atoms with Gasteiger partial charge in [-0.25, -0.2) is 13.6 Å². The highest BCUT2D eigenvalue weighted by Gasteiger charge is 2.26. The number of carbonyl (C=O) groups excluding carboxylic acids is 2. The first-order valence-electron chi connectivity index (χ1n) is 12.1. The molecule has 33 heavy (non-hydrogen) atoms. The van der Waals surface area contributed by atoms with Gasteiger partial charge >= 0.3 is 6.09 Å². The summed E-state index contributed by atoms with van der Waals surface area (Å²) in [5.41, 5.74) is 0.0706. The minimum absolute atomic E-state index is 0.0706. The number of nitrogens with one attached hydrogen (secondary N) is 2. The molecule has 2 aliphatic carbocycles. The molecule has 2 aliphatic rings. The summed E-state index contributed by atoms with van der Waals surface area (Å²) in [5.74, 6) is -0.865. The second-order valence-corrected chi connectivity index (χ2v) is 9.36. The molecule has 0 spiro atoms. The third-order valence-corrected chi connectivity index (χ3v) is 6.69. The fraction of sp³-hybridized carbons (Fsp3) is 0.640. The fourth-order valence-corrected chi connectivity index (χ4v) is 4.69. The molecule has 1 aromatic rings. The molecule has 0 atom stereocenters. The largest absolute Gasteiger partial charge is 0.450 e. The highest BCUT2D eigenvalue weighted by Crippen LogP contribution is 2.29. The smallest absolute Gasteiger partial charge is 0.407 e. The molecule has 8 heteroatoms. The molecule has 1 aromatic carbocycles. The fourth-order valence-electron chi connectivity index (χ4n) is 4.69. The van der Waals surface area contributed by atoms with Crippen LogP contribution in [0, 0.1) is 23.5 Å². The van der Waals surface area contributed by atoms with Crippen molar-refractivity contribution >= 4 is 17.8 Å². The Bertz CT molecular complexity index is 845. The molecule has 6 nitrogen and oxygen atoms in total. The molecule has 0 saturated heterocycles. The Balaban J connectivity index is 1.63. The van der Waals surface area contributed by atoms with Crippen molar-refractivity contribution in [2.45, 2.75) is 83.7 Å². The monoisotopic (exact) mass is 463 g/mol. The average Bonchev–Trinajstić information content (AvgIpc) is 2.78. The minimum Gasteiger partial charge on any atom is -0.450 e. The van der Waals surface area contributed by atoms with Crippen LogP contribution in [-0.2, 0) is 4.74 Å². The third kappa shape index (κ3) is 7.79. The Labute approximate surface area is 194 Å². The zero-order valence-corrected chi connectivity index (χ0v) is 19.5. The number of amides is 2. The van der Waals surface area contributed by atoms with E-state index >= 15 is 0 Å². The summed E-state index contributed by atoms with van der Waals surface area (Å²) in [6.45, 7) is 4.37. The predicted molar refractivity (Wildman–Crippen MR) is 123 cm³/mol. The molecule has 0 heterocycles. The number of nitrogens with zero attached hydrogens (tertiary/aromatic N) is 1. The van der Waals surface area contributed by atoms with Gasteiger partial charge in [-0.1, -0.05) is 6.92 Å². The van der Waals surface area contributed by atoms with Crippen molar-refractivity contribution < 1.29 is 23.1 Å². The maximum Gasteiger partial charge on any atom is 0.407 e. The van der Waals surface area contributed by atoms with E-state index in [1.165, 1.54) is 6.07 Å². The number of carbonyl (C=O) groups is 2. The summed E-state index contributed by atoms with van der Waals surface area (Å²) in [6, 6.07) is 3.42. The van der Waals surface area contributed by atoms with Gasteiger partial charge in [0.25, 0.3) is 5.91 Å². The molecule has 0 aliphatic heterocycles. The summed E-state index contributed by atoms with van der Waals surface area (Å²) in [6.07, 6.45) is 7.93. The summed E-state index contributed by atoms with van der Waals surface area (Å²) in [7, 11) is 0. The molecule has 0 radical (unpaired) electrons. The van der Waals surface area contributed by atoms with Gasteiger partial charge in [-0.2, -0.15) is 0 Å². The number of amidine groups is 1. The molecule has 2 fully saturated rings. The van der Waals surface area contributed by atoms with E-state index in [4.69, 9.17) is 9.73 Å². The Kier molecular flexibility index (Phi) is 9.21. The number of hydrogen-bond donors (Lipinski definition) is 2. The van der Waals surface area contributed by atoms with E-state index in [-0.39, 0.29) is 23.7 Å². The van der Waals surface area contributed by atoms with Crippen LogP contribution in [0.3, 0.4) is 0 Å². The van der Waals surface area contributed by atoms with Crippen molar-refractivity contribution in [2.24, 2.45) is 16.8 Å². The lowest BCUT2D eigenvalue weighted by Gasteiger charge is -2.30. The summed E-state index contributed by atoms with van der Waals surface area (Å²) in [5, 5.41) is 5.78. The van der Waals surface area contributed by atoms with Crippen molar-refractivity contribution in [1.82, 2.24) is 10.6 Å². The van der Waals surface area contributed by atoms with Gasteiger partial charge in [0.2, 0.25) is 0 Å². The first kappa shape index (κ1) is 25.1. The van der Waals surface area contributed by atoms with Crippen molar-refractivity contribution in [3.05, 3.63) is 35.4 Å². The van der Waals surface area contributed by atoms with E-state index in [0.29, 0.717) is 30.7 Å². The van der Waals surface area contributed by atoms with E-state index in [0.717, 1.165) is 63.5 Å². The topological polar surface area (TPSA) is 79.8 Å². The van der Waals surface area contributed by atoms with Crippen LogP contribution in [0.4, 0.5) is 13.6 Å². The van der Waals surface area contributed by atoms with Gasteiger partial charge in [0.15, 0.2) is 11.6 Å². The second kappa shape index (κ2) is 12.1. The summed E-state index contributed by atoms with van der Waals surface area (Å²) < 4.78 is 31.8. The third-order valence-electron chi connectivity index (χ3n) is 6.69. The zero-order chi connectivity index (χ0) is 23.8. The Morgan fingerprint density at radius 1 is 1.03 bits per heavy atom. The van der Waals surface area contributed by atoms with Crippen LogP contribution in [0.2, 0.25) is 0 Å². The van der Waals surface area contributed by atoms with Crippen molar-refractivity contribution in [3.8, 4) is 0 Å². The molecule has 2 amide bonds. The van der Waals surface area contributed by atoms with Gasteiger partial charge in [-0.3, -0.25) is 9.79 Å². The molecular formula is C25H35F2N3O3. The molecule has 3 rings (SSSR count). The molecule has 182 valence electrons. The van der Waals surface area contributed by atoms with Gasteiger partial charge in [-0.15, -0.1) is 0 Å². The van der Waals surface area contributed by atoms with Crippen LogP contribution in [0.15, 0.2) is 23.2 Å². The maximum absolute atomic E-state index is 13.6. The number of alkyl carbamates (subject to hydrolysis) is 1. The number of aliphatic imine (C=N–C) groups is 1. The molecule has 0 unspecified atom stereocenters. The maximum atomic E-state index is 13.6. The van der Waals surface area contributed by atoms with E-state index in [1.807, 2.05) is 0 Å². The summed E-state index contributed by atoms with van der Waals surface area (Å²) in [4.78, 5) is 29.3. The number of ether oxygens (including phenoxy) is 1. The van der Waals surface area contributed by atoms with Gasteiger partial charge in [-0.05, 0) is 88.3 Å². The molecule has 0 bridgehead atoms. The van der Waals surface area contributed by atoms with Gasteiger partial charge in [0.05, 0.1) is 12.6 Å². The molecular weight excluding hydrogens is 428 g/mol. The first-order valence-corrected chi connectivity index (χ1v) is 12.1. The standard InChI is InChI=1S/C25H35F2N3O3/c1-3-33-25(32)29-20-11-6-17(7-12-20)14-23(28-19-9-4-16(2)5-10-19)30-24(31)18-8-13-21(26)22(27)15-18/h8,13,15-17,19-20H,3-7,9-12,14H2,1-2H3,(H,29,32)(H,28,30,31). The quantitative estimate of drug-likeness (QED) is 0.440. The Hall–Kier alpha value is -2.51. The van der Waals surface area contributed by atoms with Crippen LogP contribution in [-0.4, -0.2) is 36.5 Å². The molecule has 0 aromatic heterocycles. The lowest BCUT2D eigenvalue weighted by atomic mass is 9.83. The van der Waals surface area contributed by atoms with E-state index in [9.17, 15) is 18.4 Å². The molecule has 2 saturated carbocycles. The van der Waals surface area contributed by atoms with Gasteiger partial charge in [0, 0.05) is 18.0 Å². The second-order valence-electron chi connectivity index (χ2n) is 9.36. The summed E-state index contributed by atoms with van der Waals surface area (Å²) >= 11 is 0. The van der Waals surface area contributed by atoms with Crippen LogP contribution in [0.1, 0.15) is 82.0 Å². The van der Waals surface area contributed by atoms with Crippen LogP contribution >= 0.6 is 0 Å². The Morgan fingerprint density at radius 3 is 2.36 bits per heavy atom. The SMILES string of the molecule is CCOC(=O)NC1CCC(CC(=NC2CCC(C)CC2)NC(=O)c2ccc(F)c(F)c2)CC1. The lowest BCUT2D eigenvalue weighted by molar-refractivity contribution is 0.0974. The van der Waals surface area contributed by atoms with E-state index < -0.39 is 17.5 Å². The minimum atomic E-state index is -1.05. The van der Waals surface area contributed by atoms with Crippen molar-refractivity contribution in [1.29, 1.82) is 0 Å². The van der Waals surface area contributed by atoms with Crippen molar-refractivity contribution in [3.63, 3.8) is 0 Å². The van der Waals surface area contributed by atoms with Gasteiger partial charge < -0.3 is 15.4 Å². The highest BCUT2D eigenvalue weighted by molar-refractivity contribution is 6.06. The lowest BCUT2D eigenvalue weighted by Crippen LogP contribution is -2.39.